The van der Waals surface area contributed by atoms with Crippen LogP contribution in [-0.2, 0) is 24.1 Å². The summed E-state index contributed by atoms with van der Waals surface area (Å²) in [6, 6.07) is 16.6. The van der Waals surface area contributed by atoms with Crippen molar-refractivity contribution >= 4 is 5.97 Å². The molecule has 2 N–H and O–H groups in total. The number of methoxy groups -OCH3 is 6. The summed E-state index contributed by atoms with van der Waals surface area (Å²) in [4.78, 5) is 10.5. The maximum Gasteiger partial charge on any atom is 0.307 e. The Morgan fingerprint density at radius 2 is 0.850 bits per heavy atom. The first kappa shape index (κ1) is 33.9. The standard InChI is InChI=1S/C11H16O2.C10H12O4.C10H14O3/c1-4-5-9-6-10(12-2)8-11(7-9)13-3;1-13-8-3-7(5-10(11)12)4-9(6-8)14-2;1-12-9-5-8(3-4-11)6-10(7-9)13-2/h6-8H,4-5H2,1-3H3;3-4,6H,5H2,1-2H3,(H,11,12);5-7,11H,3-4H2,1-2H3. The zero-order valence-corrected chi connectivity index (χ0v) is 24.5. The van der Waals surface area contributed by atoms with Crippen LogP contribution in [0.2, 0.25) is 0 Å². The highest BCUT2D eigenvalue weighted by Crippen LogP contribution is 2.24. The fraction of sp³-hybridized carbons (Fsp3) is 0.387. The van der Waals surface area contributed by atoms with E-state index in [2.05, 4.69) is 6.92 Å². The van der Waals surface area contributed by atoms with Crippen LogP contribution in [0.4, 0.5) is 0 Å². The highest BCUT2D eigenvalue weighted by Gasteiger charge is 2.05. The molecule has 0 aliphatic rings. The Balaban J connectivity index is 0.000000300. The van der Waals surface area contributed by atoms with Crippen LogP contribution < -0.4 is 28.4 Å². The summed E-state index contributed by atoms with van der Waals surface area (Å²) in [7, 11) is 9.61. The minimum absolute atomic E-state index is 0.0342. The van der Waals surface area contributed by atoms with Crippen molar-refractivity contribution in [3.8, 4) is 34.5 Å². The lowest BCUT2D eigenvalue weighted by atomic mass is 10.1. The van der Waals surface area contributed by atoms with Gasteiger partial charge >= 0.3 is 5.97 Å². The van der Waals surface area contributed by atoms with Crippen LogP contribution in [0.25, 0.3) is 0 Å². The van der Waals surface area contributed by atoms with Gasteiger partial charge in [-0.3, -0.25) is 4.79 Å². The Labute approximate surface area is 237 Å². The van der Waals surface area contributed by atoms with Crippen molar-refractivity contribution in [3.05, 3.63) is 71.3 Å². The fourth-order valence-corrected chi connectivity index (χ4v) is 3.58. The van der Waals surface area contributed by atoms with Crippen molar-refractivity contribution in [3.63, 3.8) is 0 Å². The molecule has 0 amide bonds. The number of hydrogen-bond donors (Lipinski definition) is 2. The van der Waals surface area contributed by atoms with Gasteiger partial charge in [0.15, 0.2) is 0 Å². The molecule has 0 spiro atoms. The molecule has 3 aromatic carbocycles. The molecule has 0 aliphatic heterocycles. The summed E-state index contributed by atoms with van der Waals surface area (Å²) in [5.41, 5.74) is 2.94. The molecule has 3 aromatic rings. The first-order valence-corrected chi connectivity index (χ1v) is 12.7. The molecule has 40 heavy (non-hydrogen) atoms. The Morgan fingerprint density at radius 1 is 0.550 bits per heavy atom. The summed E-state index contributed by atoms with van der Waals surface area (Å²) in [5, 5.41) is 17.4. The van der Waals surface area contributed by atoms with Crippen molar-refractivity contribution in [2.45, 2.75) is 32.6 Å². The van der Waals surface area contributed by atoms with E-state index in [1.54, 1.807) is 52.7 Å². The number of carboxylic acid groups (broad SMARTS) is 1. The van der Waals surface area contributed by atoms with Gasteiger partial charge in [-0.25, -0.2) is 0 Å². The lowest BCUT2D eigenvalue weighted by molar-refractivity contribution is -0.136. The van der Waals surface area contributed by atoms with E-state index in [9.17, 15) is 4.79 Å². The first-order valence-electron chi connectivity index (χ1n) is 12.7. The van der Waals surface area contributed by atoms with E-state index in [-0.39, 0.29) is 13.0 Å². The van der Waals surface area contributed by atoms with E-state index < -0.39 is 5.97 Å². The summed E-state index contributed by atoms with van der Waals surface area (Å²) < 4.78 is 30.5. The van der Waals surface area contributed by atoms with E-state index >= 15 is 0 Å². The number of aliphatic carboxylic acids is 1. The molecule has 3 rings (SSSR count). The number of benzene rings is 3. The van der Waals surface area contributed by atoms with Crippen LogP contribution >= 0.6 is 0 Å². The minimum atomic E-state index is -0.875. The molecule has 0 unspecified atom stereocenters. The van der Waals surface area contributed by atoms with Crippen molar-refractivity contribution in [2.24, 2.45) is 0 Å². The van der Waals surface area contributed by atoms with E-state index in [0.717, 1.165) is 41.4 Å². The number of hydrogen-bond acceptors (Lipinski definition) is 8. The largest absolute Gasteiger partial charge is 0.497 e. The quantitative estimate of drug-likeness (QED) is 0.309. The van der Waals surface area contributed by atoms with Gasteiger partial charge in [0.1, 0.15) is 34.5 Å². The SMILES string of the molecule is CCCc1cc(OC)cc(OC)c1.COc1cc(CC(=O)O)cc(OC)c1.COc1cc(CCO)cc(OC)c1. The average Bonchev–Trinajstić information content (AvgIpc) is 2.97. The van der Waals surface area contributed by atoms with E-state index in [1.807, 2.05) is 30.3 Å². The Kier molecular flexibility index (Phi) is 16.1. The maximum absolute atomic E-state index is 10.5. The molecule has 0 atom stereocenters. The molecule has 9 nitrogen and oxygen atoms in total. The highest BCUT2D eigenvalue weighted by molar-refractivity contribution is 5.70. The summed E-state index contributed by atoms with van der Waals surface area (Å²) in [6.45, 7) is 2.29. The lowest BCUT2D eigenvalue weighted by Crippen LogP contribution is -2.00. The summed E-state index contributed by atoms with van der Waals surface area (Å²) >= 11 is 0. The molecule has 0 fully saturated rings. The smallest absolute Gasteiger partial charge is 0.307 e. The van der Waals surface area contributed by atoms with Crippen LogP contribution in [0.5, 0.6) is 34.5 Å². The fourth-order valence-electron chi connectivity index (χ4n) is 3.58. The van der Waals surface area contributed by atoms with Gasteiger partial charge < -0.3 is 38.6 Å². The van der Waals surface area contributed by atoms with Crippen LogP contribution in [-0.4, -0.2) is 65.4 Å². The second-order valence-electron chi connectivity index (χ2n) is 8.46. The normalized spacial score (nSPS) is 9.70. The van der Waals surface area contributed by atoms with E-state index in [0.29, 0.717) is 23.5 Å². The minimum Gasteiger partial charge on any atom is -0.497 e. The van der Waals surface area contributed by atoms with Gasteiger partial charge in [-0.1, -0.05) is 13.3 Å². The molecular weight excluding hydrogens is 516 g/mol. The molecule has 0 aliphatic carbocycles. The molecule has 0 bridgehead atoms. The molecule has 0 aromatic heterocycles. The zero-order valence-electron chi connectivity index (χ0n) is 24.5. The van der Waals surface area contributed by atoms with Gasteiger partial charge in [0.2, 0.25) is 0 Å². The van der Waals surface area contributed by atoms with Crippen molar-refractivity contribution in [2.75, 3.05) is 49.3 Å². The second kappa shape index (κ2) is 19.0. The predicted molar refractivity (Wildman–Crippen MR) is 155 cm³/mol. The molecule has 0 radical (unpaired) electrons. The highest BCUT2D eigenvalue weighted by atomic mass is 16.5. The number of aliphatic hydroxyl groups is 1. The molecule has 0 saturated carbocycles. The number of carbonyl (C=O) groups is 1. The van der Waals surface area contributed by atoms with Gasteiger partial charge in [-0.2, -0.15) is 0 Å². The van der Waals surface area contributed by atoms with Crippen molar-refractivity contribution in [1.82, 2.24) is 0 Å². The molecule has 0 heterocycles. The Morgan fingerprint density at radius 3 is 1.10 bits per heavy atom. The van der Waals surface area contributed by atoms with Crippen molar-refractivity contribution < 1.29 is 43.4 Å². The number of rotatable bonds is 12. The van der Waals surface area contributed by atoms with Gasteiger partial charge in [0.25, 0.3) is 0 Å². The number of ether oxygens (including phenoxy) is 6. The summed E-state index contributed by atoms with van der Waals surface area (Å²) in [5.74, 6) is 3.55. The third kappa shape index (κ3) is 12.6. The van der Waals surface area contributed by atoms with Gasteiger partial charge in [0, 0.05) is 24.8 Å². The number of aliphatic hydroxyl groups excluding tert-OH is 1. The van der Waals surface area contributed by atoms with Gasteiger partial charge in [0.05, 0.1) is 49.1 Å². The topological polar surface area (TPSA) is 113 Å². The first-order chi connectivity index (χ1) is 19.2. The number of carboxylic acids is 1. The van der Waals surface area contributed by atoms with Crippen LogP contribution in [0, 0.1) is 0 Å². The average molecular weight is 559 g/mol. The molecular formula is C31H42O9. The van der Waals surface area contributed by atoms with Crippen molar-refractivity contribution in [1.29, 1.82) is 0 Å². The van der Waals surface area contributed by atoms with Gasteiger partial charge in [-0.15, -0.1) is 0 Å². The summed E-state index contributed by atoms with van der Waals surface area (Å²) in [6.07, 6.45) is 2.78. The van der Waals surface area contributed by atoms with Crippen LogP contribution in [0.1, 0.15) is 30.0 Å². The predicted octanol–water partition coefficient (Wildman–Crippen LogP) is 5.23. The third-order valence-corrected chi connectivity index (χ3v) is 5.53. The van der Waals surface area contributed by atoms with Crippen LogP contribution in [0.15, 0.2) is 54.6 Å². The maximum atomic E-state index is 10.5. The van der Waals surface area contributed by atoms with E-state index in [1.165, 1.54) is 19.8 Å². The lowest BCUT2D eigenvalue weighted by Gasteiger charge is -2.07. The van der Waals surface area contributed by atoms with Crippen LogP contribution in [0.3, 0.4) is 0 Å². The molecule has 0 saturated heterocycles. The Hall–Kier alpha value is -4.11. The van der Waals surface area contributed by atoms with E-state index in [4.69, 9.17) is 38.6 Å². The second-order valence-corrected chi connectivity index (χ2v) is 8.46. The van der Waals surface area contributed by atoms with Gasteiger partial charge in [-0.05, 0) is 65.9 Å². The monoisotopic (exact) mass is 558 g/mol. The Bertz CT molecular complexity index is 1040. The third-order valence-electron chi connectivity index (χ3n) is 5.53. The zero-order chi connectivity index (χ0) is 29.9. The molecule has 220 valence electrons. The number of aryl methyl sites for hydroxylation is 1. The molecule has 9 heteroatoms.